The number of carbonyl (C=O) groups is 1. The molecular formula is C18H24N4O2S. The molecule has 2 unspecified atom stereocenters. The van der Waals surface area contributed by atoms with E-state index in [0.717, 1.165) is 22.1 Å². The molecule has 1 amide bonds. The summed E-state index contributed by atoms with van der Waals surface area (Å²) in [7, 11) is 1.94. The van der Waals surface area contributed by atoms with Crippen molar-refractivity contribution in [1.29, 1.82) is 0 Å². The molecule has 25 heavy (non-hydrogen) atoms. The van der Waals surface area contributed by atoms with Crippen LogP contribution in [0.4, 0.5) is 0 Å². The van der Waals surface area contributed by atoms with Crippen LogP contribution in [-0.4, -0.2) is 56.6 Å². The maximum atomic E-state index is 12.5. The van der Waals surface area contributed by atoms with Crippen molar-refractivity contribution in [3.63, 3.8) is 0 Å². The van der Waals surface area contributed by atoms with Crippen molar-refractivity contribution in [2.75, 3.05) is 18.8 Å². The van der Waals surface area contributed by atoms with Crippen LogP contribution >= 0.6 is 11.8 Å². The molecule has 0 bridgehead atoms. The molecule has 0 saturated carbocycles. The molecule has 1 aromatic heterocycles. The minimum Gasteiger partial charge on any atom is -0.372 e. The molecule has 0 radical (unpaired) electrons. The van der Waals surface area contributed by atoms with Crippen molar-refractivity contribution < 1.29 is 9.53 Å². The van der Waals surface area contributed by atoms with Gasteiger partial charge in [0, 0.05) is 25.7 Å². The average molecular weight is 360 g/mol. The molecule has 1 aliphatic heterocycles. The molecule has 3 rings (SSSR count). The molecule has 134 valence electrons. The highest BCUT2D eigenvalue weighted by atomic mass is 32.2. The number of hydrogen-bond acceptors (Lipinski definition) is 5. The maximum Gasteiger partial charge on any atom is 0.233 e. The lowest BCUT2D eigenvalue weighted by Crippen LogP contribution is -2.48. The summed E-state index contributed by atoms with van der Waals surface area (Å²) in [6.45, 7) is 7.36. The van der Waals surface area contributed by atoms with E-state index >= 15 is 0 Å². The van der Waals surface area contributed by atoms with E-state index in [4.69, 9.17) is 4.74 Å². The van der Waals surface area contributed by atoms with Crippen molar-refractivity contribution in [1.82, 2.24) is 19.7 Å². The fourth-order valence-corrected chi connectivity index (χ4v) is 3.91. The Balaban J connectivity index is 1.66. The van der Waals surface area contributed by atoms with E-state index in [1.54, 1.807) is 0 Å². The predicted octanol–water partition coefficient (Wildman–Crippen LogP) is 2.52. The maximum absolute atomic E-state index is 12.5. The van der Waals surface area contributed by atoms with Gasteiger partial charge in [0.05, 0.1) is 18.0 Å². The van der Waals surface area contributed by atoms with Gasteiger partial charge in [0.2, 0.25) is 5.91 Å². The lowest BCUT2D eigenvalue weighted by molar-refractivity contribution is -0.140. The van der Waals surface area contributed by atoms with Crippen LogP contribution in [0, 0.1) is 6.92 Å². The zero-order valence-corrected chi connectivity index (χ0v) is 15.9. The fourth-order valence-electron chi connectivity index (χ4n) is 3.10. The Labute approximate surface area is 152 Å². The van der Waals surface area contributed by atoms with E-state index in [0.29, 0.717) is 18.8 Å². The smallest absolute Gasteiger partial charge is 0.233 e. The number of aryl methyl sites for hydroxylation is 1. The van der Waals surface area contributed by atoms with Gasteiger partial charge < -0.3 is 14.2 Å². The van der Waals surface area contributed by atoms with Gasteiger partial charge in [-0.15, -0.1) is 10.2 Å². The molecule has 1 saturated heterocycles. The zero-order chi connectivity index (χ0) is 18.0. The second kappa shape index (κ2) is 7.58. The Bertz CT molecular complexity index is 751. The normalized spacial score (nSPS) is 20.7. The number of ether oxygens (including phenoxy) is 1. The van der Waals surface area contributed by atoms with E-state index in [1.165, 1.54) is 11.8 Å². The second-order valence-electron chi connectivity index (χ2n) is 6.52. The van der Waals surface area contributed by atoms with Crippen LogP contribution in [0.1, 0.15) is 19.4 Å². The van der Waals surface area contributed by atoms with Crippen molar-refractivity contribution >= 4 is 17.7 Å². The third-order valence-corrected chi connectivity index (χ3v) is 5.32. The van der Waals surface area contributed by atoms with Gasteiger partial charge in [-0.1, -0.05) is 36.0 Å². The minimum absolute atomic E-state index is 0.0835. The number of carbonyl (C=O) groups excluding carboxylic acids is 1. The van der Waals surface area contributed by atoms with Gasteiger partial charge in [0.25, 0.3) is 0 Å². The number of amides is 1. The van der Waals surface area contributed by atoms with Gasteiger partial charge in [0.15, 0.2) is 11.0 Å². The molecule has 1 aliphatic rings. The molecule has 7 heteroatoms. The highest BCUT2D eigenvalue weighted by molar-refractivity contribution is 7.99. The van der Waals surface area contributed by atoms with Gasteiger partial charge in [-0.2, -0.15) is 0 Å². The summed E-state index contributed by atoms with van der Waals surface area (Å²) in [5, 5.41) is 9.32. The first-order valence-electron chi connectivity index (χ1n) is 8.47. The largest absolute Gasteiger partial charge is 0.372 e. The quantitative estimate of drug-likeness (QED) is 0.784. The molecule has 0 aliphatic carbocycles. The molecule has 1 fully saturated rings. The van der Waals surface area contributed by atoms with Crippen LogP contribution in [-0.2, 0) is 16.6 Å². The first kappa shape index (κ1) is 17.9. The SMILES string of the molecule is Cc1ccccc1-c1nnc(SCC(=O)N2CC(C)OC(C)C2)n1C. The van der Waals surface area contributed by atoms with Crippen LogP contribution < -0.4 is 0 Å². The number of thioether (sulfide) groups is 1. The lowest BCUT2D eigenvalue weighted by atomic mass is 10.1. The molecule has 0 N–H and O–H groups in total. The summed E-state index contributed by atoms with van der Waals surface area (Å²) in [5.74, 6) is 1.30. The molecular weight excluding hydrogens is 336 g/mol. The summed E-state index contributed by atoms with van der Waals surface area (Å²) in [6.07, 6.45) is 0.167. The van der Waals surface area contributed by atoms with Gasteiger partial charge in [-0.05, 0) is 26.3 Å². The third kappa shape index (κ3) is 4.04. The Morgan fingerprint density at radius 2 is 1.92 bits per heavy atom. The number of hydrogen-bond donors (Lipinski definition) is 0. The van der Waals surface area contributed by atoms with Gasteiger partial charge >= 0.3 is 0 Å². The Morgan fingerprint density at radius 1 is 1.24 bits per heavy atom. The fraction of sp³-hybridized carbons (Fsp3) is 0.500. The number of rotatable bonds is 4. The van der Waals surface area contributed by atoms with E-state index < -0.39 is 0 Å². The molecule has 1 aromatic carbocycles. The Morgan fingerprint density at radius 3 is 2.60 bits per heavy atom. The van der Waals surface area contributed by atoms with E-state index in [-0.39, 0.29) is 18.1 Å². The first-order chi connectivity index (χ1) is 12.0. The summed E-state index contributed by atoms with van der Waals surface area (Å²) >= 11 is 1.43. The van der Waals surface area contributed by atoms with E-state index in [9.17, 15) is 4.79 Å². The van der Waals surface area contributed by atoms with Crippen molar-refractivity contribution in [3.8, 4) is 11.4 Å². The van der Waals surface area contributed by atoms with Crippen LogP contribution in [0.2, 0.25) is 0 Å². The zero-order valence-electron chi connectivity index (χ0n) is 15.1. The predicted molar refractivity (Wildman–Crippen MR) is 98.5 cm³/mol. The van der Waals surface area contributed by atoms with Crippen molar-refractivity contribution in [3.05, 3.63) is 29.8 Å². The summed E-state index contributed by atoms with van der Waals surface area (Å²) in [5.41, 5.74) is 2.22. The number of aromatic nitrogens is 3. The standard InChI is InChI=1S/C18H24N4O2S/c1-12-7-5-6-8-15(12)17-19-20-18(21(17)4)25-11-16(23)22-9-13(2)24-14(3)10-22/h5-8,13-14H,9-11H2,1-4H3. The molecule has 0 spiro atoms. The van der Waals surface area contributed by atoms with Crippen LogP contribution in [0.15, 0.2) is 29.4 Å². The number of benzene rings is 1. The first-order valence-corrected chi connectivity index (χ1v) is 9.45. The highest BCUT2D eigenvalue weighted by Crippen LogP contribution is 2.25. The molecule has 6 nitrogen and oxygen atoms in total. The second-order valence-corrected chi connectivity index (χ2v) is 7.47. The van der Waals surface area contributed by atoms with Crippen LogP contribution in [0.3, 0.4) is 0 Å². The van der Waals surface area contributed by atoms with E-state index in [1.807, 2.05) is 48.6 Å². The third-order valence-electron chi connectivity index (χ3n) is 4.32. The van der Waals surface area contributed by atoms with Gasteiger partial charge in [-0.3, -0.25) is 4.79 Å². The average Bonchev–Trinajstić information content (AvgIpc) is 2.93. The topological polar surface area (TPSA) is 60.3 Å². The summed E-state index contributed by atoms with van der Waals surface area (Å²) in [4.78, 5) is 14.4. The number of nitrogens with zero attached hydrogens (tertiary/aromatic N) is 4. The van der Waals surface area contributed by atoms with Crippen molar-refractivity contribution in [2.24, 2.45) is 7.05 Å². The monoisotopic (exact) mass is 360 g/mol. The molecule has 2 aromatic rings. The minimum atomic E-state index is 0.0835. The van der Waals surface area contributed by atoms with Crippen molar-refractivity contribution in [2.45, 2.75) is 38.1 Å². The Hall–Kier alpha value is -1.86. The van der Waals surface area contributed by atoms with Crippen LogP contribution in [0.25, 0.3) is 11.4 Å². The van der Waals surface area contributed by atoms with Gasteiger partial charge in [-0.25, -0.2) is 0 Å². The Kier molecular flexibility index (Phi) is 5.44. The molecule has 2 atom stereocenters. The molecule has 2 heterocycles. The summed E-state index contributed by atoms with van der Waals surface area (Å²) in [6, 6.07) is 8.10. The van der Waals surface area contributed by atoms with E-state index in [2.05, 4.69) is 23.2 Å². The highest BCUT2D eigenvalue weighted by Gasteiger charge is 2.26. The van der Waals surface area contributed by atoms with Crippen LogP contribution in [0.5, 0.6) is 0 Å². The number of morpholine rings is 1. The summed E-state index contributed by atoms with van der Waals surface area (Å²) < 4.78 is 7.63. The lowest BCUT2D eigenvalue weighted by Gasteiger charge is -2.35. The van der Waals surface area contributed by atoms with Gasteiger partial charge in [0.1, 0.15) is 0 Å².